The van der Waals surface area contributed by atoms with Gasteiger partial charge in [-0.2, -0.15) is 13.2 Å². The number of amides is 2. The lowest BCUT2D eigenvalue weighted by Gasteiger charge is -2.14. The van der Waals surface area contributed by atoms with Crippen LogP contribution in [0.15, 0.2) is 53.7 Å². The zero-order chi connectivity index (χ0) is 25.3. The Morgan fingerprint density at radius 1 is 1.00 bits per heavy atom. The van der Waals surface area contributed by atoms with Crippen LogP contribution >= 0.6 is 0 Å². The Morgan fingerprint density at radius 3 is 2.24 bits per heavy atom. The van der Waals surface area contributed by atoms with Crippen molar-refractivity contribution >= 4 is 23.6 Å². The van der Waals surface area contributed by atoms with E-state index >= 15 is 0 Å². The quantitative estimate of drug-likeness (QED) is 0.184. The van der Waals surface area contributed by atoms with Gasteiger partial charge in [-0.15, -0.1) is 0 Å². The lowest BCUT2D eigenvalue weighted by molar-refractivity contribution is -0.173. The largest absolute Gasteiger partial charge is 0.471 e. The van der Waals surface area contributed by atoms with Crippen LogP contribution in [-0.4, -0.2) is 35.8 Å². The molecule has 0 spiro atoms. The summed E-state index contributed by atoms with van der Waals surface area (Å²) in [4.78, 5) is 38.5. The van der Waals surface area contributed by atoms with Crippen molar-refractivity contribution in [2.75, 3.05) is 0 Å². The first kappa shape index (κ1) is 26.3. The number of carbonyl (C=O) groups is 3. The predicted molar refractivity (Wildman–Crippen MR) is 117 cm³/mol. The highest BCUT2D eigenvalue weighted by atomic mass is 19.4. The number of hydrogen-bond donors (Lipinski definition) is 4. The van der Waals surface area contributed by atoms with Crippen molar-refractivity contribution in [3.05, 3.63) is 70.8 Å². The third-order valence-corrected chi connectivity index (χ3v) is 4.48. The van der Waals surface area contributed by atoms with Crippen LogP contribution in [0.25, 0.3) is 0 Å². The van der Waals surface area contributed by atoms with Gasteiger partial charge >= 0.3 is 18.1 Å². The van der Waals surface area contributed by atoms with E-state index in [-0.39, 0.29) is 25.3 Å². The first-order chi connectivity index (χ1) is 16.0. The van der Waals surface area contributed by atoms with Crippen LogP contribution in [0.5, 0.6) is 0 Å². The number of nitrogens with zero attached hydrogens (tertiary/aromatic N) is 1. The van der Waals surface area contributed by atoms with E-state index in [4.69, 9.17) is 11.5 Å². The molecule has 2 aromatic carbocycles. The van der Waals surface area contributed by atoms with E-state index < -0.39 is 30.0 Å². The van der Waals surface area contributed by atoms with Gasteiger partial charge in [0, 0.05) is 25.6 Å². The molecular formula is C22H24F3N5O4. The van der Waals surface area contributed by atoms with Crippen LogP contribution in [0.4, 0.5) is 13.2 Å². The second-order valence-electron chi connectivity index (χ2n) is 7.29. The minimum absolute atomic E-state index is 0.0213. The molecule has 0 unspecified atom stereocenters. The Bertz CT molecular complexity index is 1060. The summed E-state index contributed by atoms with van der Waals surface area (Å²) in [5.74, 6) is -3.02. The molecule has 0 aromatic heterocycles. The number of nitrogens with one attached hydrogen (secondary N) is 2. The normalized spacial score (nSPS) is 12.6. The molecule has 0 aliphatic carbocycles. The van der Waals surface area contributed by atoms with Gasteiger partial charge in [-0.3, -0.25) is 9.59 Å². The standard InChI is InChI=1S/C22H24F3N5O4/c1-13(31)34-30-19(27)17-7-5-14(6-8-17)11-28-20(32)18(26)10-15-3-2-4-16(9-15)12-29-21(33)22(23,24)25/h2-9,18H,10-12,26H2,1H3,(H2,27,30)(H,28,32)(H,29,33)/t18-/m0/s1. The minimum Gasteiger partial charge on any atom is -0.380 e. The maximum absolute atomic E-state index is 12.3. The molecule has 6 N–H and O–H groups in total. The molecule has 0 aliphatic heterocycles. The summed E-state index contributed by atoms with van der Waals surface area (Å²) in [6, 6.07) is 12.2. The van der Waals surface area contributed by atoms with Gasteiger partial charge in [-0.05, 0) is 23.1 Å². The van der Waals surface area contributed by atoms with E-state index in [9.17, 15) is 27.6 Å². The SMILES string of the molecule is CC(=O)ON=C(N)c1ccc(CNC(=O)[C@@H](N)Cc2cccc(CNC(=O)C(F)(F)F)c2)cc1. The van der Waals surface area contributed by atoms with Crippen LogP contribution in [0.1, 0.15) is 29.2 Å². The molecule has 2 amide bonds. The summed E-state index contributed by atoms with van der Waals surface area (Å²) < 4.78 is 36.9. The number of halogens is 3. The van der Waals surface area contributed by atoms with Crippen LogP contribution < -0.4 is 22.1 Å². The molecule has 2 rings (SSSR count). The molecule has 0 bridgehead atoms. The molecule has 0 heterocycles. The van der Waals surface area contributed by atoms with Gasteiger partial charge in [0.15, 0.2) is 5.84 Å². The summed E-state index contributed by atoms with van der Waals surface area (Å²) in [6.45, 7) is 1.08. The molecular weight excluding hydrogens is 455 g/mol. The third kappa shape index (κ3) is 8.54. The molecule has 2 aromatic rings. The van der Waals surface area contributed by atoms with E-state index in [1.165, 1.54) is 6.92 Å². The molecule has 34 heavy (non-hydrogen) atoms. The van der Waals surface area contributed by atoms with Gasteiger partial charge in [0.05, 0.1) is 6.04 Å². The lowest BCUT2D eigenvalue weighted by atomic mass is 10.0. The highest BCUT2D eigenvalue weighted by Crippen LogP contribution is 2.15. The summed E-state index contributed by atoms with van der Waals surface area (Å²) >= 11 is 0. The van der Waals surface area contributed by atoms with Crippen LogP contribution in [0.3, 0.4) is 0 Å². The smallest absolute Gasteiger partial charge is 0.380 e. The average molecular weight is 479 g/mol. The average Bonchev–Trinajstić information content (AvgIpc) is 2.79. The molecule has 0 fully saturated rings. The number of benzene rings is 2. The zero-order valence-electron chi connectivity index (χ0n) is 18.2. The van der Waals surface area contributed by atoms with Crippen molar-refractivity contribution < 1.29 is 32.4 Å². The summed E-state index contributed by atoms with van der Waals surface area (Å²) in [6.07, 6.45) is -4.81. The number of hydrogen-bond acceptors (Lipinski definition) is 6. The first-order valence-electron chi connectivity index (χ1n) is 10.0. The second-order valence-corrected chi connectivity index (χ2v) is 7.29. The van der Waals surface area contributed by atoms with Gasteiger partial charge in [0.25, 0.3) is 0 Å². The van der Waals surface area contributed by atoms with Gasteiger partial charge < -0.3 is 26.9 Å². The van der Waals surface area contributed by atoms with Gasteiger partial charge in [-0.1, -0.05) is 53.7 Å². The van der Waals surface area contributed by atoms with Gasteiger partial charge in [0.1, 0.15) is 0 Å². The van der Waals surface area contributed by atoms with E-state index in [0.717, 1.165) is 5.56 Å². The number of oxime groups is 1. The zero-order valence-corrected chi connectivity index (χ0v) is 18.2. The van der Waals surface area contributed by atoms with Crippen molar-refractivity contribution in [2.45, 2.75) is 38.7 Å². The summed E-state index contributed by atoms with van der Waals surface area (Å²) in [5.41, 5.74) is 14.0. The van der Waals surface area contributed by atoms with E-state index in [1.54, 1.807) is 53.8 Å². The summed E-state index contributed by atoms with van der Waals surface area (Å²) in [7, 11) is 0. The van der Waals surface area contributed by atoms with E-state index in [0.29, 0.717) is 16.7 Å². The third-order valence-electron chi connectivity index (χ3n) is 4.48. The van der Waals surface area contributed by atoms with Crippen molar-refractivity contribution in [1.29, 1.82) is 0 Å². The molecule has 182 valence electrons. The maximum Gasteiger partial charge on any atom is 0.471 e. The monoisotopic (exact) mass is 479 g/mol. The first-order valence-corrected chi connectivity index (χ1v) is 10.0. The van der Waals surface area contributed by atoms with Crippen molar-refractivity contribution in [2.24, 2.45) is 16.6 Å². The van der Waals surface area contributed by atoms with Crippen LogP contribution in [0.2, 0.25) is 0 Å². The molecule has 1 atom stereocenters. The Hall–Kier alpha value is -3.93. The lowest BCUT2D eigenvalue weighted by Crippen LogP contribution is -2.41. The number of nitrogens with two attached hydrogens (primary N) is 2. The fourth-order valence-corrected chi connectivity index (χ4v) is 2.78. The fraction of sp³-hybridized carbons (Fsp3) is 0.273. The predicted octanol–water partition coefficient (Wildman–Crippen LogP) is 1.23. The van der Waals surface area contributed by atoms with Crippen molar-refractivity contribution in [3.8, 4) is 0 Å². The topological polar surface area (TPSA) is 149 Å². The molecule has 0 saturated carbocycles. The highest BCUT2D eigenvalue weighted by molar-refractivity contribution is 5.97. The number of rotatable bonds is 9. The Morgan fingerprint density at radius 2 is 1.62 bits per heavy atom. The van der Waals surface area contributed by atoms with Gasteiger partial charge in [-0.25, -0.2) is 4.79 Å². The second kappa shape index (κ2) is 11.8. The Kier molecular flexibility index (Phi) is 9.13. The van der Waals surface area contributed by atoms with Gasteiger partial charge in [0.2, 0.25) is 5.91 Å². The number of alkyl halides is 3. The van der Waals surface area contributed by atoms with Crippen LogP contribution in [-0.2, 0) is 38.7 Å². The number of amidine groups is 1. The van der Waals surface area contributed by atoms with E-state index in [1.807, 2.05) is 0 Å². The fourth-order valence-electron chi connectivity index (χ4n) is 2.78. The van der Waals surface area contributed by atoms with E-state index in [2.05, 4.69) is 15.3 Å². The highest BCUT2D eigenvalue weighted by Gasteiger charge is 2.38. The Labute approximate surface area is 193 Å². The van der Waals surface area contributed by atoms with Crippen LogP contribution in [0, 0.1) is 0 Å². The summed E-state index contributed by atoms with van der Waals surface area (Å²) in [5, 5.41) is 7.98. The number of carbonyl (C=O) groups excluding carboxylic acids is 3. The van der Waals surface area contributed by atoms with Crippen molar-refractivity contribution in [3.63, 3.8) is 0 Å². The minimum atomic E-state index is -4.96. The molecule has 0 radical (unpaired) electrons. The molecule has 9 nitrogen and oxygen atoms in total. The van der Waals surface area contributed by atoms with Crippen molar-refractivity contribution in [1.82, 2.24) is 10.6 Å². The Balaban J connectivity index is 1.87. The molecule has 0 aliphatic rings. The molecule has 12 heteroatoms. The maximum atomic E-state index is 12.3. The molecule has 0 saturated heterocycles.